The van der Waals surface area contributed by atoms with E-state index in [1.54, 1.807) is 6.07 Å². The van der Waals surface area contributed by atoms with Crippen LogP contribution in [0.4, 0.5) is 4.39 Å². The zero-order valence-electron chi connectivity index (χ0n) is 7.78. The number of hydrogen-bond donors (Lipinski definition) is 0. The Hall–Kier alpha value is -1.16. The van der Waals surface area contributed by atoms with Crippen LogP contribution < -0.4 is 4.74 Å². The summed E-state index contributed by atoms with van der Waals surface area (Å²) in [5.41, 5.74) is 0. The number of rotatable bonds is 3. The van der Waals surface area contributed by atoms with Gasteiger partial charge in [-0.15, -0.1) is 0 Å². The van der Waals surface area contributed by atoms with Crippen LogP contribution in [0.25, 0.3) is 0 Å². The largest absolute Gasteiger partial charge is 0.491 e. The van der Waals surface area contributed by atoms with Gasteiger partial charge in [0.15, 0.2) is 0 Å². The lowest BCUT2D eigenvalue weighted by atomic mass is 10.2. The van der Waals surface area contributed by atoms with Crippen LogP contribution in [0.1, 0.15) is 12.8 Å². The van der Waals surface area contributed by atoms with Crippen LogP contribution >= 0.6 is 0 Å². The van der Waals surface area contributed by atoms with E-state index in [0.717, 1.165) is 19.4 Å². The second kappa shape index (κ2) is 4.37. The summed E-state index contributed by atoms with van der Waals surface area (Å²) in [7, 11) is 0. The van der Waals surface area contributed by atoms with Gasteiger partial charge in [-0.05, 0) is 18.9 Å². The molecule has 0 aromatic carbocycles. The van der Waals surface area contributed by atoms with Gasteiger partial charge >= 0.3 is 0 Å². The van der Waals surface area contributed by atoms with Crippen molar-refractivity contribution < 1.29 is 13.9 Å². The van der Waals surface area contributed by atoms with Crippen molar-refractivity contribution in [1.82, 2.24) is 4.98 Å². The molecular weight excluding hydrogens is 185 g/mol. The van der Waals surface area contributed by atoms with Crippen molar-refractivity contribution in [2.75, 3.05) is 13.2 Å². The molecule has 4 heteroatoms. The number of pyridine rings is 1. The highest BCUT2D eigenvalue weighted by atomic mass is 19.1. The fourth-order valence-electron chi connectivity index (χ4n) is 1.44. The van der Waals surface area contributed by atoms with E-state index in [9.17, 15) is 4.39 Å². The molecule has 0 amide bonds. The van der Waals surface area contributed by atoms with Crippen molar-refractivity contribution in [2.45, 2.75) is 18.9 Å². The fourth-order valence-corrected chi connectivity index (χ4v) is 1.44. The van der Waals surface area contributed by atoms with Crippen LogP contribution in [0.2, 0.25) is 0 Å². The molecule has 2 heterocycles. The average molecular weight is 197 g/mol. The van der Waals surface area contributed by atoms with Crippen molar-refractivity contribution >= 4 is 0 Å². The van der Waals surface area contributed by atoms with Crippen LogP contribution in [0.5, 0.6) is 5.75 Å². The lowest BCUT2D eigenvalue weighted by molar-refractivity contribution is 0.0678. The SMILES string of the molecule is Fc1cc(OCC2CCCO2)ccn1. The number of ether oxygens (including phenoxy) is 2. The zero-order valence-corrected chi connectivity index (χ0v) is 7.78. The van der Waals surface area contributed by atoms with Crippen molar-refractivity contribution in [2.24, 2.45) is 0 Å². The van der Waals surface area contributed by atoms with E-state index < -0.39 is 5.95 Å². The highest BCUT2D eigenvalue weighted by Crippen LogP contribution is 2.15. The predicted molar refractivity (Wildman–Crippen MR) is 48.7 cm³/mol. The molecule has 1 aliphatic rings. The molecule has 1 unspecified atom stereocenters. The average Bonchev–Trinajstić information content (AvgIpc) is 2.67. The predicted octanol–water partition coefficient (Wildman–Crippen LogP) is 1.78. The van der Waals surface area contributed by atoms with Crippen LogP contribution in [0.3, 0.4) is 0 Å². The molecule has 1 atom stereocenters. The molecule has 1 aromatic heterocycles. The van der Waals surface area contributed by atoms with Gasteiger partial charge in [-0.1, -0.05) is 0 Å². The Morgan fingerprint density at radius 1 is 1.64 bits per heavy atom. The molecule has 3 nitrogen and oxygen atoms in total. The summed E-state index contributed by atoms with van der Waals surface area (Å²) in [6, 6.07) is 2.91. The smallest absolute Gasteiger partial charge is 0.216 e. The molecule has 0 radical (unpaired) electrons. The van der Waals surface area contributed by atoms with E-state index in [4.69, 9.17) is 9.47 Å². The topological polar surface area (TPSA) is 31.4 Å². The molecule has 14 heavy (non-hydrogen) atoms. The molecule has 0 N–H and O–H groups in total. The monoisotopic (exact) mass is 197 g/mol. The highest BCUT2D eigenvalue weighted by Gasteiger charge is 2.15. The first-order valence-electron chi connectivity index (χ1n) is 4.70. The standard InChI is InChI=1S/C10H12FNO2/c11-10-6-8(3-4-12-10)14-7-9-2-1-5-13-9/h3-4,6,9H,1-2,5,7H2. The maximum atomic E-state index is 12.6. The third-order valence-electron chi connectivity index (χ3n) is 2.16. The zero-order chi connectivity index (χ0) is 9.80. The molecule has 0 bridgehead atoms. The van der Waals surface area contributed by atoms with Crippen molar-refractivity contribution in [1.29, 1.82) is 0 Å². The van der Waals surface area contributed by atoms with Crippen LogP contribution in [-0.4, -0.2) is 24.3 Å². The van der Waals surface area contributed by atoms with Gasteiger partial charge in [-0.2, -0.15) is 4.39 Å². The number of aromatic nitrogens is 1. The van der Waals surface area contributed by atoms with Crippen molar-refractivity contribution in [3.8, 4) is 5.75 Å². The minimum absolute atomic E-state index is 0.159. The maximum Gasteiger partial charge on any atom is 0.216 e. The third kappa shape index (κ3) is 2.42. The molecule has 2 rings (SSSR count). The molecular formula is C10H12FNO2. The first kappa shape index (κ1) is 9.40. The Morgan fingerprint density at radius 3 is 3.29 bits per heavy atom. The molecule has 0 saturated carbocycles. The summed E-state index contributed by atoms with van der Waals surface area (Å²) in [4.78, 5) is 3.44. The van der Waals surface area contributed by atoms with Gasteiger partial charge in [0.25, 0.3) is 0 Å². The summed E-state index contributed by atoms with van der Waals surface area (Å²) < 4.78 is 23.4. The van der Waals surface area contributed by atoms with E-state index in [2.05, 4.69) is 4.98 Å². The fraction of sp³-hybridized carbons (Fsp3) is 0.500. The summed E-state index contributed by atoms with van der Waals surface area (Å²) in [5, 5.41) is 0. The lowest BCUT2D eigenvalue weighted by Crippen LogP contribution is -2.16. The normalized spacial score (nSPS) is 21.1. The molecule has 1 aliphatic heterocycles. The van der Waals surface area contributed by atoms with Gasteiger partial charge in [-0.25, -0.2) is 4.98 Å². The molecule has 0 spiro atoms. The third-order valence-corrected chi connectivity index (χ3v) is 2.16. The number of nitrogens with zero attached hydrogens (tertiary/aromatic N) is 1. The minimum atomic E-state index is -0.519. The quantitative estimate of drug-likeness (QED) is 0.692. The highest BCUT2D eigenvalue weighted by molar-refractivity contribution is 5.17. The van der Waals surface area contributed by atoms with Gasteiger partial charge in [0.2, 0.25) is 5.95 Å². The van der Waals surface area contributed by atoms with Crippen molar-refractivity contribution in [3.63, 3.8) is 0 Å². The van der Waals surface area contributed by atoms with Crippen molar-refractivity contribution in [3.05, 3.63) is 24.3 Å². The Labute approximate surface area is 81.9 Å². The van der Waals surface area contributed by atoms with E-state index >= 15 is 0 Å². The Kier molecular flexibility index (Phi) is 2.93. The molecule has 1 aromatic rings. The van der Waals surface area contributed by atoms with E-state index in [1.807, 2.05) is 0 Å². The number of hydrogen-bond acceptors (Lipinski definition) is 3. The maximum absolute atomic E-state index is 12.6. The van der Waals surface area contributed by atoms with Gasteiger partial charge in [0, 0.05) is 18.9 Å². The Morgan fingerprint density at radius 2 is 2.57 bits per heavy atom. The van der Waals surface area contributed by atoms with Crippen LogP contribution in [0, 0.1) is 5.95 Å². The van der Waals surface area contributed by atoms with Gasteiger partial charge in [-0.3, -0.25) is 0 Å². The van der Waals surface area contributed by atoms with E-state index in [-0.39, 0.29) is 6.10 Å². The summed E-state index contributed by atoms with van der Waals surface area (Å²) >= 11 is 0. The van der Waals surface area contributed by atoms with Gasteiger partial charge in [0.1, 0.15) is 12.4 Å². The van der Waals surface area contributed by atoms with Gasteiger partial charge in [0.05, 0.1) is 6.10 Å². The Bertz CT molecular complexity index is 300. The van der Waals surface area contributed by atoms with Gasteiger partial charge < -0.3 is 9.47 Å². The van der Waals surface area contributed by atoms with Crippen LogP contribution in [-0.2, 0) is 4.74 Å². The first-order chi connectivity index (χ1) is 6.84. The van der Waals surface area contributed by atoms with E-state index in [0.29, 0.717) is 12.4 Å². The first-order valence-corrected chi connectivity index (χ1v) is 4.70. The summed E-state index contributed by atoms with van der Waals surface area (Å²) in [6.45, 7) is 1.29. The molecule has 1 fully saturated rings. The number of halogens is 1. The second-order valence-electron chi connectivity index (χ2n) is 3.26. The van der Waals surface area contributed by atoms with Crippen LogP contribution in [0.15, 0.2) is 18.3 Å². The molecule has 76 valence electrons. The van der Waals surface area contributed by atoms with E-state index in [1.165, 1.54) is 12.3 Å². The molecule has 0 aliphatic carbocycles. The Balaban J connectivity index is 1.85. The summed E-state index contributed by atoms with van der Waals surface area (Å²) in [5.74, 6) is -0.0113. The lowest BCUT2D eigenvalue weighted by Gasteiger charge is -2.10. The second-order valence-corrected chi connectivity index (χ2v) is 3.26. The minimum Gasteiger partial charge on any atom is -0.491 e. The summed E-state index contributed by atoms with van der Waals surface area (Å²) in [6.07, 6.45) is 3.65. The molecule has 1 saturated heterocycles.